The van der Waals surface area contributed by atoms with Crippen molar-refractivity contribution in [1.29, 1.82) is 0 Å². The zero-order valence-electron chi connectivity index (χ0n) is 16.5. The van der Waals surface area contributed by atoms with Gasteiger partial charge >= 0.3 is 0 Å². The molecule has 0 spiro atoms. The molecular formula is C24H21NO5. The van der Waals surface area contributed by atoms with E-state index in [2.05, 4.69) is 12.2 Å². The van der Waals surface area contributed by atoms with Gasteiger partial charge in [0.1, 0.15) is 11.5 Å². The molecule has 5 rings (SSSR count). The van der Waals surface area contributed by atoms with Crippen LogP contribution < -0.4 is 14.4 Å². The van der Waals surface area contributed by atoms with Gasteiger partial charge in [-0.1, -0.05) is 12.2 Å². The van der Waals surface area contributed by atoms with Crippen molar-refractivity contribution in [3.63, 3.8) is 0 Å². The van der Waals surface area contributed by atoms with Crippen LogP contribution in [0.2, 0.25) is 0 Å². The number of methoxy groups -OCH3 is 1. The molecule has 2 fully saturated rings. The van der Waals surface area contributed by atoms with Crippen LogP contribution in [0.3, 0.4) is 0 Å². The van der Waals surface area contributed by atoms with Gasteiger partial charge in [-0.3, -0.25) is 19.3 Å². The van der Waals surface area contributed by atoms with E-state index in [1.54, 1.807) is 55.6 Å². The highest BCUT2D eigenvalue weighted by Crippen LogP contribution is 2.53. The van der Waals surface area contributed by atoms with Gasteiger partial charge in [0.25, 0.3) is 0 Å². The Morgan fingerprint density at radius 3 is 2.03 bits per heavy atom. The summed E-state index contributed by atoms with van der Waals surface area (Å²) in [5.74, 6) is 0.763. The zero-order chi connectivity index (χ0) is 20.8. The van der Waals surface area contributed by atoms with Crippen LogP contribution in [0.1, 0.15) is 16.8 Å². The minimum absolute atomic E-state index is 0.105. The highest BCUT2D eigenvalue weighted by atomic mass is 16.5. The molecule has 2 aliphatic carbocycles. The van der Waals surface area contributed by atoms with Crippen LogP contribution in [0, 0.1) is 23.7 Å². The lowest BCUT2D eigenvalue weighted by molar-refractivity contribution is -0.123. The van der Waals surface area contributed by atoms with Crippen molar-refractivity contribution in [1.82, 2.24) is 0 Å². The Bertz CT molecular complexity index is 1010. The van der Waals surface area contributed by atoms with Crippen molar-refractivity contribution in [2.45, 2.75) is 6.42 Å². The van der Waals surface area contributed by atoms with Crippen molar-refractivity contribution in [2.75, 3.05) is 18.6 Å². The Balaban J connectivity index is 1.24. The summed E-state index contributed by atoms with van der Waals surface area (Å²) >= 11 is 0. The van der Waals surface area contributed by atoms with Crippen LogP contribution in [0.4, 0.5) is 5.69 Å². The molecule has 0 aromatic heterocycles. The number of carbonyl (C=O) groups excluding carboxylic acids is 3. The molecule has 1 heterocycles. The number of ketones is 1. The lowest BCUT2D eigenvalue weighted by Crippen LogP contribution is -2.32. The predicted octanol–water partition coefficient (Wildman–Crippen LogP) is 3.27. The second-order valence-corrected chi connectivity index (χ2v) is 7.95. The summed E-state index contributed by atoms with van der Waals surface area (Å²) in [7, 11) is 1.57. The van der Waals surface area contributed by atoms with Crippen molar-refractivity contribution in [3.05, 3.63) is 66.2 Å². The van der Waals surface area contributed by atoms with E-state index in [-0.39, 0.29) is 47.9 Å². The molecule has 2 aromatic rings. The first kappa shape index (κ1) is 18.6. The maximum atomic E-state index is 12.9. The Morgan fingerprint density at radius 1 is 0.900 bits per heavy atom. The lowest BCUT2D eigenvalue weighted by atomic mass is 9.85. The SMILES string of the molecule is COc1ccc(C(=O)COc2ccc(N3C(=O)[C@@H]4[C@H](C3=O)[C@@H]3C=C[C@H]4C3)cc2)cc1. The first-order chi connectivity index (χ1) is 14.6. The molecule has 2 amide bonds. The number of carbonyl (C=O) groups is 3. The molecular weight excluding hydrogens is 382 g/mol. The third kappa shape index (κ3) is 2.91. The van der Waals surface area contributed by atoms with Gasteiger partial charge in [0.05, 0.1) is 24.6 Å². The monoisotopic (exact) mass is 403 g/mol. The number of benzene rings is 2. The predicted molar refractivity (Wildman–Crippen MR) is 109 cm³/mol. The van der Waals surface area contributed by atoms with Gasteiger partial charge in [0, 0.05) is 5.56 Å². The largest absolute Gasteiger partial charge is 0.497 e. The molecule has 1 aliphatic heterocycles. The number of anilines is 1. The number of hydrogen-bond donors (Lipinski definition) is 0. The first-order valence-electron chi connectivity index (χ1n) is 10.0. The number of ether oxygens (including phenoxy) is 2. The fourth-order valence-electron chi connectivity index (χ4n) is 4.86. The summed E-state index contributed by atoms with van der Waals surface area (Å²) in [6.45, 7) is -0.105. The van der Waals surface area contributed by atoms with E-state index < -0.39 is 0 Å². The molecule has 2 bridgehead atoms. The molecule has 1 saturated heterocycles. The van der Waals surface area contributed by atoms with Gasteiger partial charge in [0.2, 0.25) is 11.8 Å². The number of nitrogens with zero attached hydrogens (tertiary/aromatic N) is 1. The third-order valence-corrected chi connectivity index (χ3v) is 6.35. The summed E-state index contributed by atoms with van der Waals surface area (Å²) in [5, 5.41) is 0. The average molecular weight is 403 g/mol. The number of Topliss-reactive ketones (excluding diaryl/α,β-unsaturated/α-hetero) is 1. The van der Waals surface area contributed by atoms with Crippen molar-refractivity contribution < 1.29 is 23.9 Å². The molecule has 6 nitrogen and oxygen atoms in total. The lowest BCUT2D eigenvalue weighted by Gasteiger charge is -2.17. The van der Waals surface area contributed by atoms with Gasteiger partial charge in [0.15, 0.2) is 12.4 Å². The van der Waals surface area contributed by atoms with Gasteiger partial charge in [-0.15, -0.1) is 0 Å². The van der Waals surface area contributed by atoms with E-state index in [0.29, 0.717) is 22.7 Å². The average Bonchev–Trinajstić information content (AvgIpc) is 3.46. The summed E-state index contributed by atoms with van der Waals surface area (Å²) in [6, 6.07) is 13.6. The Morgan fingerprint density at radius 2 is 1.47 bits per heavy atom. The van der Waals surface area contributed by atoms with Crippen LogP contribution in [-0.4, -0.2) is 31.3 Å². The highest BCUT2D eigenvalue weighted by molar-refractivity contribution is 6.22. The van der Waals surface area contributed by atoms with Gasteiger partial charge in [-0.05, 0) is 66.8 Å². The number of hydrogen-bond acceptors (Lipinski definition) is 5. The zero-order valence-corrected chi connectivity index (χ0v) is 16.5. The number of imide groups is 1. The summed E-state index contributed by atoms with van der Waals surface area (Å²) in [6.07, 6.45) is 5.07. The van der Waals surface area contributed by atoms with Gasteiger partial charge in [-0.2, -0.15) is 0 Å². The fraction of sp³-hybridized carbons (Fsp3) is 0.292. The highest BCUT2D eigenvalue weighted by Gasteiger charge is 2.59. The maximum Gasteiger partial charge on any atom is 0.238 e. The molecule has 0 unspecified atom stereocenters. The number of amides is 2. The Labute approximate surface area is 174 Å². The number of fused-ring (bicyclic) bond motifs is 5. The van der Waals surface area contributed by atoms with E-state index in [9.17, 15) is 14.4 Å². The van der Waals surface area contributed by atoms with Crippen molar-refractivity contribution in [2.24, 2.45) is 23.7 Å². The number of allylic oxidation sites excluding steroid dienone is 2. The second kappa shape index (κ2) is 7.13. The molecule has 3 aliphatic rings. The van der Waals surface area contributed by atoms with Gasteiger partial charge < -0.3 is 9.47 Å². The molecule has 2 aromatic carbocycles. The summed E-state index contributed by atoms with van der Waals surface area (Å²) in [4.78, 5) is 39.4. The molecule has 0 radical (unpaired) electrons. The minimum atomic E-state index is -0.217. The fourth-order valence-corrected chi connectivity index (χ4v) is 4.86. The van der Waals surface area contributed by atoms with Crippen LogP contribution in [0.5, 0.6) is 11.5 Å². The normalized spacial score (nSPS) is 26.2. The molecule has 4 atom stereocenters. The Hall–Kier alpha value is -3.41. The van der Waals surface area contributed by atoms with E-state index >= 15 is 0 Å². The van der Waals surface area contributed by atoms with E-state index in [0.717, 1.165) is 6.42 Å². The minimum Gasteiger partial charge on any atom is -0.497 e. The van der Waals surface area contributed by atoms with Crippen LogP contribution >= 0.6 is 0 Å². The van der Waals surface area contributed by atoms with Gasteiger partial charge in [-0.25, -0.2) is 0 Å². The van der Waals surface area contributed by atoms with E-state index in [1.165, 1.54) is 4.90 Å². The van der Waals surface area contributed by atoms with E-state index in [4.69, 9.17) is 9.47 Å². The quantitative estimate of drug-likeness (QED) is 0.421. The molecule has 1 saturated carbocycles. The maximum absolute atomic E-state index is 12.9. The first-order valence-corrected chi connectivity index (χ1v) is 10.0. The standard InChI is InChI=1S/C24H21NO5/c1-29-18-8-4-14(5-9-18)20(26)13-30-19-10-6-17(7-11-19)25-23(27)21-15-2-3-16(12-15)22(21)24(25)28/h2-11,15-16,21-22H,12-13H2,1H3/t15-,16+,21-,22+. The summed E-state index contributed by atoms with van der Waals surface area (Å²) in [5.41, 5.74) is 1.09. The molecule has 30 heavy (non-hydrogen) atoms. The van der Waals surface area contributed by atoms with Crippen molar-refractivity contribution in [3.8, 4) is 11.5 Å². The van der Waals surface area contributed by atoms with Crippen LogP contribution in [-0.2, 0) is 9.59 Å². The molecule has 152 valence electrons. The molecule has 0 N–H and O–H groups in total. The Kier molecular flexibility index (Phi) is 4.42. The summed E-state index contributed by atoms with van der Waals surface area (Å²) < 4.78 is 10.7. The van der Waals surface area contributed by atoms with Crippen molar-refractivity contribution >= 4 is 23.3 Å². The second-order valence-electron chi connectivity index (χ2n) is 7.95. The smallest absolute Gasteiger partial charge is 0.238 e. The topological polar surface area (TPSA) is 72.9 Å². The van der Waals surface area contributed by atoms with E-state index in [1.807, 2.05) is 0 Å². The van der Waals surface area contributed by atoms with Crippen LogP contribution in [0.25, 0.3) is 0 Å². The molecule has 6 heteroatoms. The van der Waals surface area contributed by atoms with Crippen LogP contribution in [0.15, 0.2) is 60.7 Å². The third-order valence-electron chi connectivity index (χ3n) is 6.35. The number of rotatable bonds is 6.